The second-order valence-electron chi connectivity index (χ2n) is 8.11. The molecular weight excluding hydrogens is 252 g/mol. The lowest BCUT2D eigenvalue weighted by Gasteiger charge is -2.31. The Morgan fingerprint density at radius 1 is 1.10 bits per heavy atom. The molecule has 2 aliphatic rings. The van der Waals surface area contributed by atoms with Crippen molar-refractivity contribution < 1.29 is 9.53 Å². The summed E-state index contributed by atoms with van der Waals surface area (Å²) in [6, 6.07) is 1.59. The van der Waals surface area contributed by atoms with Gasteiger partial charge in [0.2, 0.25) is 0 Å². The average molecular weight is 282 g/mol. The first-order valence-electron chi connectivity index (χ1n) is 7.91. The van der Waals surface area contributed by atoms with Crippen LogP contribution in [0.25, 0.3) is 0 Å². The number of nitrogens with one attached hydrogen (secondary N) is 2. The van der Waals surface area contributed by atoms with E-state index >= 15 is 0 Å². The van der Waals surface area contributed by atoms with E-state index in [1.165, 1.54) is 6.42 Å². The van der Waals surface area contributed by atoms with Crippen LogP contribution in [-0.2, 0) is 4.74 Å². The lowest BCUT2D eigenvalue weighted by atomic mass is 9.91. The molecule has 2 fully saturated rings. The van der Waals surface area contributed by atoms with Gasteiger partial charge >= 0.3 is 6.09 Å². The van der Waals surface area contributed by atoms with Crippen LogP contribution in [0.1, 0.15) is 66.7 Å². The Morgan fingerprint density at radius 2 is 1.60 bits per heavy atom. The topological polar surface area (TPSA) is 50.4 Å². The van der Waals surface area contributed by atoms with Gasteiger partial charge in [-0.15, -0.1) is 0 Å². The molecule has 2 aliphatic carbocycles. The summed E-state index contributed by atoms with van der Waals surface area (Å²) < 4.78 is 5.30. The number of alkyl carbamates (subject to hydrolysis) is 1. The smallest absolute Gasteiger partial charge is 0.407 e. The first-order chi connectivity index (χ1) is 9.16. The fourth-order valence-corrected chi connectivity index (χ4v) is 2.91. The standard InChI is InChI=1S/C16H30N2O2/c1-15(2,3)20-14(19)18-12-8-6-11(7-9-12)17-13-10-16(13,4)5/h11-13,17H,6-10H2,1-5H3,(H,18,19). The fraction of sp³-hybridized carbons (Fsp3) is 0.938. The zero-order valence-corrected chi connectivity index (χ0v) is 13.6. The van der Waals surface area contributed by atoms with Gasteiger partial charge < -0.3 is 15.4 Å². The SMILES string of the molecule is CC(C)(C)OC(=O)NC1CCC(NC2CC2(C)C)CC1. The van der Waals surface area contributed by atoms with Gasteiger partial charge in [-0.1, -0.05) is 13.8 Å². The Bertz CT molecular complexity index is 352. The van der Waals surface area contributed by atoms with Crippen LogP contribution in [0.15, 0.2) is 0 Å². The summed E-state index contributed by atoms with van der Waals surface area (Å²) in [5.41, 5.74) is 0.0754. The van der Waals surface area contributed by atoms with Crippen LogP contribution in [0.4, 0.5) is 4.79 Å². The lowest BCUT2D eigenvalue weighted by molar-refractivity contribution is 0.0489. The maximum absolute atomic E-state index is 11.7. The molecule has 1 atom stereocenters. The molecule has 2 saturated carbocycles. The Labute approximate surface area is 123 Å². The van der Waals surface area contributed by atoms with Gasteiger partial charge in [0.05, 0.1) is 0 Å². The summed E-state index contributed by atoms with van der Waals surface area (Å²) >= 11 is 0. The highest BCUT2D eigenvalue weighted by atomic mass is 16.6. The summed E-state index contributed by atoms with van der Waals surface area (Å²) in [6.07, 6.45) is 5.40. The Hall–Kier alpha value is -0.770. The molecule has 0 aromatic carbocycles. The molecule has 116 valence electrons. The summed E-state index contributed by atoms with van der Waals surface area (Å²) in [6.45, 7) is 10.3. The van der Waals surface area contributed by atoms with Crippen molar-refractivity contribution in [1.82, 2.24) is 10.6 Å². The van der Waals surface area contributed by atoms with Crippen LogP contribution >= 0.6 is 0 Å². The number of ether oxygens (including phenoxy) is 1. The Balaban J connectivity index is 1.65. The summed E-state index contributed by atoms with van der Waals surface area (Å²) in [5, 5.41) is 6.74. The molecule has 0 aliphatic heterocycles. The van der Waals surface area contributed by atoms with Crippen molar-refractivity contribution >= 4 is 6.09 Å². The molecule has 0 aromatic rings. The number of amides is 1. The third-order valence-electron chi connectivity index (χ3n) is 4.40. The molecule has 4 nitrogen and oxygen atoms in total. The molecule has 4 heteroatoms. The fourth-order valence-electron chi connectivity index (χ4n) is 2.91. The van der Waals surface area contributed by atoms with Gasteiger partial charge in [0.25, 0.3) is 0 Å². The summed E-state index contributed by atoms with van der Waals surface area (Å²) in [5.74, 6) is 0. The van der Waals surface area contributed by atoms with Crippen molar-refractivity contribution in [3.05, 3.63) is 0 Å². The molecule has 1 unspecified atom stereocenters. The highest BCUT2D eigenvalue weighted by molar-refractivity contribution is 5.68. The second kappa shape index (κ2) is 5.55. The van der Waals surface area contributed by atoms with Gasteiger partial charge in [-0.3, -0.25) is 0 Å². The van der Waals surface area contributed by atoms with Crippen molar-refractivity contribution in [1.29, 1.82) is 0 Å². The largest absolute Gasteiger partial charge is 0.444 e. The van der Waals surface area contributed by atoms with Gasteiger partial charge in [-0.05, 0) is 58.3 Å². The highest BCUT2D eigenvalue weighted by Gasteiger charge is 2.46. The number of carbonyl (C=O) groups excluding carboxylic acids is 1. The molecule has 0 bridgehead atoms. The number of carbonyl (C=O) groups is 1. The van der Waals surface area contributed by atoms with Gasteiger partial charge in [0, 0.05) is 18.1 Å². The van der Waals surface area contributed by atoms with E-state index in [-0.39, 0.29) is 12.1 Å². The molecule has 0 heterocycles. The Morgan fingerprint density at radius 3 is 2.05 bits per heavy atom. The predicted molar refractivity (Wildman–Crippen MR) is 80.7 cm³/mol. The van der Waals surface area contributed by atoms with Crippen LogP contribution in [-0.4, -0.2) is 29.8 Å². The first-order valence-corrected chi connectivity index (χ1v) is 7.91. The van der Waals surface area contributed by atoms with E-state index in [9.17, 15) is 4.79 Å². The zero-order chi connectivity index (χ0) is 15.0. The molecule has 2 N–H and O–H groups in total. The van der Waals surface area contributed by atoms with Gasteiger partial charge in [-0.25, -0.2) is 4.79 Å². The van der Waals surface area contributed by atoms with Gasteiger partial charge in [0.15, 0.2) is 0 Å². The van der Waals surface area contributed by atoms with E-state index in [4.69, 9.17) is 4.74 Å². The minimum absolute atomic E-state index is 0.273. The quantitative estimate of drug-likeness (QED) is 0.835. The first kappa shape index (κ1) is 15.6. The van der Waals surface area contributed by atoms with Crippen molar-refractivity contribution in [3.63, 3.8) is 0 Å². The van der Waals surface area contributed by atoms with E-state index in [0.717, 1.165) is 25.7 Å². The van der Waals surface area contributed by atoms with Crippen molar-refractivity contribution in [2.75, 3.05) is 0 Å². The minimum atomic E-state index is -0.416. The molecule has 0 spiro atoms. The molecular formula is C16H30N2O2. The lowest BCUT2D eigenvalue weighted by Crippen LogP contribution is -2.44. The second-order valence-corrected chi connectivity index (χ2v) is 8.11. The van der Waals surface area contributed by atoms with E-state index in [1.807, 2.05) is 20.8 Å². The maximum Gasteiger partial charge on any atom is 0.407 e. The summed E-state index contributed by atoms with van der Waals surface area (Å²) in [7, 11) is 0. The third kappa shape index (κ3) is 4.65. The van der Waals surface area contributed by atoms with Crippen molar-refractivity contribution in [2.24, 2.45) is 5.41 Å². The minimum Gasteiger partial charge on any atom is -0.444 e. The molecule has 0 saturated heterocycles. The van der Waals surface area contributed by atoms with Crippen LogP contribution in [0.2, 0.25) is 0 Å². The van der Waals surface area contributed by atoms with Gasteiger partial charge in [-0.2, -0.15) is 0 Å². The molecule has 1 amide bonds. The monoisotopic (exact) mass is 282 g/mol. The third-order valence-corrected chi connectivity index (χ3v) is 4.40. The molecule has 20 heavy (non-hydrogen) atoms. The van der Waals surface area contributed by atoms with E-state index in [0.29, 0.717) is 17.5 Å². The van der Waals surface area contributed by atoms with Crippen LogP contribution in [0, 0.1) is 5.41 Å². The van der Waals surface area contributed by atoms with Gasteiger partial charge in [0.1, 0.15) is 5.60 Å². The zero-order valence-electron chi connectivity index (χ0n) is 13.6. The van der Waals surface area contributed by atoms with E-state index < -0.39 is 5.60 Å². The maximum atomic E-state index is 11.7. The molecule has 0 radical (unpaired) electrons. The summed E-state index contributed by atoms with van der Waals surface area (Å²) in [4.78, 5) is 11.7. The Kier molecular flexibility index (Phi) is 4.33. The average Bonchev–Trinajstić information content (AvgIpc) is 2.86. The molecule has 0 aromatic heterocycles. The number of hydrogen-bond acceptors (Lipinski definition) is 3. The normalized spacial score (nSPS) is 32.5. The van der Waals surface area contributed by atoms with Crippen LogP contribution in [0.3, 0.4) is 0 Å². The van der Waals surface area contributed by atoms with Crippen LogP contribution < -0.4 is 10.6 Å². The van der Waals surface area contributed by atoms with Crippen LogP contribution in [0.5, 0.6) is 0 Å². The number of hydrogen-bond donors (Lipinski definition) is 2. The predicted octanol–water partition coefficient (Wildman–Crippen LogP) is 3.21. The molecule has 2 rings (SSSR count). The highest BCUT2D eigenvalue weighted by Crippen LogP contribution is 2.45. The number of rotatable bonds is 3. The van der Waals surface area contributed by atoms with Crippen molar-refractivity contribution in [3.8, 4) is 0 Å². The van der Waals surface area contributed by atoms with E-state index in [2.05, 4.69) is 24.5 Å². The van der Waals surface area contributed by atoms with E-state index in [1.54, 1.807) is 0 Å². The van der Waals surface area contributed by atoms with Crippen molar-refractivity contribution in [2.45, 2.75) is 90.4 Å².